The molecule has 3 aromatic rings. The Labute approximate surface area is 222 Å². The lowest BCUT2D eigenvalue weighted by Crippen LogP contribution is -2.05. The number of aromatic nitrogens is 1. The molecule has 2 N–H and O–H groups in total. The third-order valence-corrected chi connectivity index (χ3v) is 4.19. The maximum atomic E-state index is 11.6. The smallest absolute Gasteiger partial charge is 0.353 e. The number of anilines is 1. The van der Waals surface area contributed by atoms with Gasteiger partial charge in [-0.05, 0) is 34.7 Å². The molecule has 37 heavy (non-hydrogen) atoms. The third-order valence-electron chi connectivity index (χ3n) is 4.19. The molecule has 0 atom stereocenters. The summed E-state index contributed by atoms with van der Waals surface area (Å²) in [5.41, 5.74) is 4.76. The Morgan fingerprint density at radius 1 is 0.865 bits per heavy atom. The Kier molecular flexibility index (Phi) is 22.5. The number of carbonyl (C=O) groups is 3. The van der Waals surface area contributed by atoms with Crippen molar-refractivity contribution < 1.29 is 19.5 Å². The Morgan fingerprint density at radius 2 is 1.22 bits per heavy atom. The first-order valence-electron chi connectivity index (χ1n) is 12.1. The van der Waals surface area contributed by atoms with Crippen molar-refractivity contribution in [3.05, 3.63) is 66.0 Å². The van der Waals surface area contributed by atoms with Gasteiger partial charge in [0, 0.05) is 31.5 Å². The van der Waals surface area contributed by atoms with Crippen molar-refractivity contribution in [3.63, 3.8) is 0 Å². The number of benzene rings is 2. The average molecular weight is 510 g/mol. The SMILES string of the molecule is C=O.C=O.CC.CC.CC(C)C.CNc1ccc(-c2ccc(-c3c(C#N)cn(C)c3C(=O)O)cc2)cc1. The van der Waals surface area contributed by atoms with Crippen LogP contribution in [0.5, 0.6) is 0 Å². The maximum absolute atomic E-state index is 11.6. The van der Waals surface area contributed by atoms with Gasteiger partial charge in [0.15, 0.2) is 0 Å². The quantitative estimate of drug-likeness (QED) is 0.381. The molecule has 7 heteroatoms. The van der Waals surface area contributed by atoms with Gasteiger partial charge in [0.2, 0.25) is 0 Å². The van der Waals surface area contributed by atoms with E-state index in [1.54, 1.807) is 13.2 Å². The highest BCUT2D eigenvalue weighted by Gasteiger charge is 2.21. The lowest BCUT2D eigenvalue weighted by atomic mass is 9.98. The number of rotatable bonds is 4. The normalized spacial score (nSPS) is 8.46. The third kappa shape index (κ3) is 12.4. The molecule has 0 radical (unpaired) electrons. The van der Waals surface area contributed by atoms with Crippen molar-refractivity contribution in [1.82, 2.24) is 4.57 Å². The summed E-state index contributed by atoms with van der Waals surface area (Å²) in [6, 6.07) is 17.7. The van der Waals surface area contributed by atoms with Crippen molar-refractivity contribution in [3.8, 4) is 28.3 Å². The molecule has 0 aliphatic carbocycles. The van der Waals surface area contributed by atoms with E-state index in [1.807, 2.05) is 96.9 Å². The van der Waals surface area contributed by atoms with Gasteiger partial charge in [-0.25, -0.2) is 4.79 Å². The number of aromatic carboxylic acids is 1. The molecular formula is C30H43N3O4. The molecule has 7 nitrogen and oxygen atoms in total. The van der Waals surface area contributed by atoms with E-state index in [0.29, 0.717) is 16.7 Å². The second-order valence-electron chi connectivity index (χ2n) is 7.43. The zero-order valence-electron chi connectivity index (χ0n) is 23.8. The largest absolute Gasteiger partial charge is 0.477 e. The molecule has 0 saturated heterocycles. The minimum absolute atomic E-state index is 0.114. The van der Waals surface area contributed by atoms with Gasteiger partial charge in [0.05, 0.1) is 5.56 Å². The molecule has 0 saturated carbocycles. The van der Waals surface area contributed by atoms with Gasteiger partial charge < -0.3 is 24.6 Å². The molecular weight excluding hydrogens is 466 g/mol. The van der Waals surface area contributed by atoms with E-state index >= 15 is 0 Å². The van der Waals surface area contributed by atoms with E-state index < -0.39 is 5.97 Å². The van der Waals surface area contributed by atoms with Crippen LogP contribution in [0, 0.1) is 17.2 Å². The van der Waals surface area contributed by atoms with Crippen molar-refractivity contribution in [1.29, 1.82) is 5.26 Å². The molecule has 2 aromatic carbocycles. The van der Waals surface area contributed by atoms with E-state index in [4.69, 9.17) is 9.59 Å². The van der Waals surface area contributed by atoms with Crippen LogP contribution in [0.25, 0.3) is 22.3 Å². The molecule has 3 rings (SSSR count). The summed E-state index contributed by atoms with van der Waals surface area (Å²) in [5.74, 6) is -0.217. The molecule has 1 aromatic heterocycles. The van der Waals surface area contributed by atoms with E-state index in [2.05, 4.69) is 32.2 Å². The van der Waals surface area contributed by atoms with Gasteiger partial charge in [0.25, 0.3) is 0 Å². The first-order chi connectivity index (χ1) is 17.8. The molecule has 1 heterocycles. The highest BCUT2D eigenvalue weighted by atomic mass is 16.4. The molecule has 0 bridgehead atoms. The summed E-state index contributed by atoms with van der Waals surface area (Å²) in [6.45, 7) is 18.5. The first-order valence-corrected chi connectivity index (χ1v) is 12.1. The van der Waals surface area contributed by atoms with Crippen LogP contribution in [0.1, 0.15) is 64.5 Å². The number of carboxylic acid groups (broad SMARTS) is 1. The van der Waals surface area contributed by atoms with Crippen molar-refractivity contribution in [2.24, 2.45) is 13.0 Å². The summed E-state index contributed by atoms with van der Waals surface area (Å²) in [7, 11) is 3.50. The summed E-state index contributed by atoms with van der Waals surface area (Å²) in [4.78, 5) is 27.6. The standard InChI is InChI=1S/C20H17N3O2.C4H10.2C2H6.2CH2O/c1-22-17-9-7-14(8-10-17)13-3-5-15(6-4-13)18-16(11-21)12-23(2)19(18)20(24)25;1-4(2)3;4*1-2/h3-10,12,22H,1-2H3,(H,24,25);4H,1-3H3;2*1-2H3;2*1H2. The van der Waals surface area contributed by atoms with Crippen LogP contribution in [-0.4, -0.2) is 36.3 Å². The Morgan fingerprint density at radius 3 is 1.54 bits per heavy atom. The van der Waals surface area contributed by atoms with Crippen LogP contribution in [0.4, 0.5) is 5.69 Å². The van der Waals surface area contributed by atoms with Crippen molar-refractivity contribution in [2.45, 2.75) is 48.5 Å². The van der Waals surface area contributed by atoms with Gasteiger partial charge in [-0.15, -0.1) is 0 Å². The van der Waals surface area contributed by atoms with E-state index in [0.717, 1.165) is 22.7 Å². The maximum Gasteiger partial charge on any atom is 0.353 e. The Bertz CT molecular complexity index is 1040. The van der Waals surface area contributed by atoms with Gasteiger partial charge in [-0.2, -0.15) is 5.26 Å². The predicted molar refractivity (Wildman–Crippen MR) is 155 cm³/mol. The van der Waals surface area contributed by atoms with E-state index in [-0.39, 0.29) is 5.69 Å². The molecule has 202 valence electrons. The Hall–Kier alpha value is -4.18. The number of nitriles is 1. The number of aryl methyl sites for hydroxylation is 1. The number of nitrogens with zero attached hydrogens (tertiary/aromatic N) is 2. The average Bonchev–Trinajstić information content (AvgIpc) is 3.29. The Balaban J connectivity index is -0.000000835. The van der Waals surface area contributed by atoms with E-state index in [9.17, 15) is 15.2 Å². The van der Waals surface area contributed by atoms with Crippen LogP contribution < -0.4 is 5.32 Å². The fourth-order valence-corrected chi connectivity index (χ4v) is 2.92. The molecule has 0 unspecified atom stereocenters. The van der Waals surface area contributed by atoms with Gasteiger partial charge >= 0.3 is 5.97 Å². The zero-order chi connectivity index (χ0) is 29.6. The number of hydrogen-bond donors (Lipinski definition) is 2. The minimum atomic E-state index is -1.05. The highest BCUT2D eigenvalue weighted by Crippen LogP contribution is 2.31. The molecule has 0 fully saturated rings. The lowest BCUT2D eigenvalue weighted by molar-refractivity contribution is -0.0987. The van der Waals surface area contributed by atoms with Crippen LogP contribution >= 0.6 is 0 Å². The van der Waals surface area contributed by atoms with Gasteiger partial charge in [-0.3, -0.25) is 0 Å². The van der Waals surface area contributed by atoms with Gasteiger partial charge in [0.1, 0.15) is 25.3 Å². The summed E-state index contributed by atoms with van der Waals surface area (Å²) >= 11 is 0. The summed E-state index contributed by atoms with van der Waals surface area (Å²) in [5, 5.41) is 21.9. The number of carbonyl (C=O) groups excluding carboxylic acids is 2. The minimum Gasteiger partial charge on any atom is -0.477 e. The predicted octanol–water partition coefficient (Wildman–Crippen LogP) is 7.32. The van der Waals surface area contributed by atoms with E-state index in [1.165, 1.54) is 4.57 Å². The van der Waals surface area contributed by atoms with Crippen LogP contribution in [0.3, 0.4) is 0 Å². The highest BCUT2D eigenvalue weighted by molar-refractivity contribution is 5.96. The fourth-order valence-electron chi connectivity index (χ4n) is 2.92. The fraction of sp³-hybridized carbons (Fsp3) is 0.333. The van der Waals surface area contributed by atoms with Gasteiger partial charge in [-0.1, -0.05) is 84.9 Å². The molecule has 0 spiro atoms. The lowest BCUT2D eigenvalue weighted by Gasteiger charge is -2.07. The van der Waals surface area contributed by atoms with Crippen LogP contribution in [-0.2, 0) is 16.6 Å². The summed E-state index contributed by atoms with van der Waals surface area (Å²) < 4.78 is 1.47. The monoisotopic (exact) mass is 509 g/mol. The molecule has 0 aliphatic heterocycles. The van der Waals surface area contributed by atoms with Crippen LogP contribution in [0.2, 0.25) is 0 Å². The number of carboxylic acids is 1. The molecule has 0 aliphatic rings. The zero-order valence-corrected chi connectivity index (χ0v) is 23.8. The van der Waals surface area contributed by atoms with Crippen LogP contribution in [0.15, 0.2) is 54.7 Å². The first kappa shape index (κ1) is 37.4. The van der Waals surface area contributed by atoms with Crippen molar-refractivity contribution in [2.75, 3.05) is 12.4 Å². The number of nitrogens with one attached hydrogen (secondary N) is 1. The summed E-state index contributed by atoms with van der Waals surface area (Å²) in [6.07, 6.45) is 1.54. The second-order valence-corrected chi connectivity index (χ2v) is 7.43. The topological polar surface area (TPSA) is 112 Å². The second kappa shape index (κ2) is 22.3. The number of hydrogen-bond acceptors (Lipinski definition) is 5. The molecule has 0 amide bonds. The van der Waals surface area contributed by atoms with Crippen molar-refractivity contribution >= 4 is 25.2 Å².